The van der Waals surface area contributed by atoms with Crippen molar-refractivity contribution in [2.75, 3.05) is 26.7 Å². The Kier molecular flexibility index (Phi) is 5.19. The Morgan fingerprint density at radius 3 is 2.33 bits per heavy atom. The first-order valence-corrected chi connectivity index (χ1v) is 8.43. The van der Waals surface area contributed by atoms with Crippen molar-refractivity contribution in [3.63, 3.8) is 0 Å². The van der Waals surface area contributed by atoms with Crippen LogP contribution in [0, 0.1) is 0 Å². The molecule has 1 unspecified atom stereocenters. The Hall–Kier alpha value is -1.88. The van der Waals surface area contributed by atoms with Crippen LogP contribution in [-0.4, -0.2) is 41.9 Å². The highest BCUT2D eigenvalue weighted by Crippen LogP contribution is 2.38. The van der Waals surface area contributed by atoms with E-state index in [1.54, 1.807) is 7.11 Å². The predicted octanol–water partition coefficient (Wildman–Crippen LogP) is 2.71. The molecule has 4 nitrogen and oxygen atoms in total. The lowest BCUT2D eigenvalue weighted by Gasteiger charge is -2.39. The fourth-order valence-corrected chi connectivity index (χ4v) is 3.43. The van der Waals surface area contributed by atoms with Crippen molar-refractivity contribution >= 4 is 0 Å². The lowest BCUT2D eigenvalue weighted by Crippen LogP contribution is -2.44. The zero-order valence-electron chi connectivity index (χ0n) is 14.1. The van der Waals surface area contributed by atoms with E-state index in [0.29, 0.717) is 19.4 Å². The van der Waals surface area contributed by atoms with E-state index >= 15 is 0 Å². The maximum atomic E-state index is 11.1. The highest BCUT2D eigenvalue weighted by molar-refractivity contribution is 5.38. The van der Waals surface area contributed by atoms with Crippen LogP contribution in [0.1, 0.15) is 30.1 Å². The van der Waals surface area contributed by atoms with Crippen molar-refractivity contribution in [2.24, 2.45) is 0 Å². The van der Waals surface area contributed by atoms with Crippen LogP contribution in [-0.2, 0) is 5.60 Å². The summed E-state index contributed by atoms with van der Waals surface area (Å²) in [5.41, 5.74) is 0.930. The molecule has 1 aliphatic rings. The summed E-state index contributed by atoms with van der Waals surface area (Å²) in [5.74, 6) is 0.734. The molecule has 0 amide bonds. The zero-order chi connectivity index (χ0) is 17.0. The summed E-state index contributed by atoms with van der Waals surface area (Å²) >= 11 is 0. The zero-order valence-corrected chi connectivity index (χ0v) is 14.1. The number of nitrogens with zero attached hydrogens (tertiary/aromatic N) is 1. The Labute approximate surface area is 143 Å². The first kappa shape index (κ1) is 17.0. The standard InChI is InChI=1S/C20H25NO3/c1-24-19-10-6-5-9-17(19)20(23)11-13-21(14-12-20)15-18(22)16-7-3-2-4-8-16/h2-10,18,22-23H,11-15H2,1H3. The number of β-amino-alcohol motifs (C(OH)–C–C–N with tert-alkyl or cyclic N) is 1. The van der Waals surface area contributed by atoms with E-state index in [0.717, 1.165) is 30.0 Å². The van der Waals surface area contributed by atoms with Crippen LogP contribution >= 0.6 is 0 Å². The molecule has 0 bridgehead atoms. The second-order valence-electron chi connectivity index (χ2n) is 6.46. The molecular weight excluding hydrogens is 302 g/mol. The van der Waals surface area contributed by atoms with Gasteiger partial charge in [0.2, 0.25) is 0 Å². The molecule has 0 radical (unpaired) electrons. The van der Waals surface area contributed by atoms with Gasteiger partial charge in [-0.3, -0.25) is 0 Å². The molecule has 1 heterocycles. The van der Waals surface area contributed by atoms with Crippen molar-refractivity contribution < 1.29 is 14.9 Å². The van der Waals surface area contributed by atoms with Gasteiger partial charge in [0.25, 0.3) is 0 Å². The van der Waals surface area contributed by atoms with Crippen LogP contribution in [0.15, 0.2) is 54.6 Å². The van der Waals surface area contributed by atoms with Crippen molar-refractivity contribution in [3.05, 3.63) is 65.7 Å². The van der Waals surface area contributed by atoms with E-state index in [4.69, 9.17) is 4.74 Å². The molecule has 24 heavy (non-hydrogen) atoms. The quantitative estimate of drug-likeness (QED) is 0.887. The fraction of sp³-hybridized carbons (Fsp3) is 0.400. The summed E-state index contributed by atoms with van der Waals surface area (Å²) in [5, 5.41) is 21.4. The third kappa shape index (κ3) is 3.61. The molecule has 0 spiro atoms. The van der Waals surface area contributed by atoms with E-state index in [-0.39, 0.29) is 0 Å². The van der Waals surface area contributed by atoms with Gasteiger partial charge in [0.15, 0.2) is 0 Å². The van der Waals surface area contributed by atoms with E-state index in [1.165, 1.54) is 0 Å². The summed E-state index contributed by atoms with van der Waals surface area (Å²) < 4.78 is 5.40. The highest BCUT2D eigenvalue weighted by Gasteiger charge is 2.36. The van der Waals surface area contributed by atoms with Crippen LogP contribution in [0.4, 0.5) is 0 Å². The summed E-state index contributed by atoms with van der Waals surface area (Å²) in [7, 11) is 1.63. The normalized spacial score (nSPS) is 19.0. The number of hydrogen-bond acceptors (Lipinski definition) is 4. The lowest BCUT2D eigenvalue weighted by atomic mass is 9.83. The molecular formula is C20H25NO3. The van der Waals surface area contributed by atoms with Gasteiger partial charge >= 0.3 is 0 Å². The summed E-state index contributed by atoms with van der Waals surface area (Å²) in [6, 6.07) is 17.4. The number of para-hydroxylation sites is 1. The van der Waals surface area contributed by atoms with Gasteiger partial charge in [-0.15, -0.1) is 0 Å². The van der Waals surface area contributed by atoms with Crippen LogP contribution in [0.3, 0.4) is 0 Å². The molecule has 2 aromatic carbocycles. The average Bonchev–Trinajstić information content (AvgIpc) is 2.64. The number of piperidine rings is 1. The molecule has 3 rings (SSSR count). The van der Waals surface area contributed by atoms with Crippen molar-refractivity contribution in [2.45, 2.75) is 24.5 Å². The van der Waals surface area contributed by atoms with E-state index in [2.05, 4.69) is 4.90 Å². The van der Waals surface area contributed by atoms with Gasteiger partial charge in [-0.2, -0.15) is 0 Å². The topological polar surface area (TPSA) is 52.9 Å². The van der Waals surface area contributed by atoms with Crippen LogP contribution < -0.4 is 4.74 Å². The molecule has 2 N–H and O–H groups in total. The smallest absolute Gasteiger partial charge is 0.124 e. The molecule has 128 valence electrons. The minimum absolute atomic E-state index is 0.497. The monoisotopic (exact) mass is 327 g/mol. The number of aliphatic hydroxyl groups is 2. The van der Waals surface area contributed by atoms with Gasteiger partial charge in [-0.1, -0.05) is 48.5 Å². The van der Waals surface area contributed by atoms with Gasteiger partial charge in [0.05, 0.1) is 18.8 Å². The molecule has 1 aliphatic heterocycles. The SMILES string of the molecule is COc1ccccc1C1(O)CCN(CC(O)c2ccccc2)CC1. The number of methoxy groups -OCH3 is 1. The second kappa shape index (κ2) is 7.34. The van der Waals surface area contributed by atoms with Crippen LogP contribution in [0.25, 0.3) is 0 Å². The Balaban J connectivity index is 1.63. The van der Waals surface area contributed by atoms with Gasteiger partial charge in [0, 0.05) is 25.2 Å². The van der Waals surface area contributed by atoms with Crippen molar-refractivity contribution in [1.82, 2.24) is 4.90 Å². The van der Waals surface area contributed by atoms with Gasteiger partial charge in [0.1, 0.15) is 5.75 Å². The van der Waals surface area contributed by atoms with Gasteiger partial charge in [-0.05, 0) is 24.5 Å². The van der Waals surface area contributed by atoms with E-state index in [9.17, 15) is 10.2 Å². The molecule has 0 aromatic heterocycles. The van der Waals surface area contributed by atoms with Gasteiger partial charge < -0.3 is 19.8 Å². The summed E-state index contributed by atoms with van der Waals surface area (Å²) in [4.78, 5) is 2.21. The molecule has 2 aromatic rings. The van der Waals surface area contributed by atoms with E-state index < -0.39 is 11.7 Å². The number of likely N-dealkylation sites (tertiary alicyclic amines) is 1. The molecule has 0 saturated carbocycles. The fourth-order valence-electron chi connectivity index (χ4n) is 3.43. The van der Waals surface area contributed by atoms with Gasteiger partial charge in [-0.25, -0.2) is 0 Å². The first-order chi connectivity index (χ1) is 11.6. The summed E-state index contributed by atoms with van der Waals surface area (Å²) in [6.07, 6.45) is 0.771. The van der Waals surface area contributed by atoms with Crippen molar-refractivity contribution in [1.29, 1.82) is 0 Å². The molecule has 1 fully saturated rings. The summed E-state index contributed by atoms with van der Waals surface area (Å²) in [6.45, 7) is 2.09. The Morgan fingerprint density at radius 1 is 1.04 bits per heavy atom. The molecule has 1 atom stereocenters. The number of rotatable bonds is 5. The number of benzene rings is 2. The van der Waals surface area contributed by atoms with Crippen LogP contribution in [0.2, 0.25) is 0 Å². The van der Waals surface area contributed by atoms with Crippen LogP contribution in [0.5, 0.6) is 5.75 Å². The molecule has 1 saturated heterocycles. The maximum absolute atomic E-state index is 11.1. The third-order valence-electron chi connectivity index (χ3n) is 4.91. The molecule has 4 heteroatoms. The Bertz CT molecular complexity index is 651. The van der Waals surface area contributed by atoms with E-state index in [1.807, 2.05) is 54.6 Å². The van der Waals surface area contributed by atoms with Crippen molar-refractivity contribution in [3.8, 4) is 5.75 Å². The number of aliphatic hydroxyl groups excluding tert-OH is 1. The largest absolute Gasteiger partial charge is 0.496 e. The highest BCUT2D eigenvalue weighted by atomic mass is 16.5. The third-order valence-corrected chi connectivity index (χ3v) is 4.91. The first-order valence-electron chi connectivity index (χ1n) is 8.43. The maximum Gasteiger partial charge on any atom is 0.124 e. The predicted molar refractivity (Wildman–Crippen MR) is 94.0 cm³/mol. The molecule has 0 aliphatic carbocycles. The number of hydrogen-bond donors (Lipinski definition) is 2. The number of ether oxygens (including phenoxy) is 1. The lowest BCUT2D eigenvalue weighted by molar-refractivity contribution is -0.0358. The Morgan fingerprint density at radius 2 is 1.67 bits per heavy atom. The average molecular weight is 327 g/mol. The minimum Gasteiger partial charge on any atom is -0.496 e. The minimum atomic E-state index is -0.860. The second-order valence-corrected chi connectivity index (χ2v) is 6.46.